The van der Waals surface area contributed by atoms with Crippen LogP contribution in [0, 0.1) is 11.3 Å². The normalized spacial score (nSPS) is 19.3. The number of anilines is 1. The van der Waals surface area contributed by atoms with Gasteiger partial charge in [0.25, 0.3) is 11.8 Å². The second-order valence-electron chi connectivity index (χ2n) is 14.3. The molecule has 4 rings (SSSR count). The molecular formula is C37H47F3N4O7. The van der Waals surface area contributed by atoms with Crippen LogP contribution in [0.4, 0.5) is 23.7 Å². The summed E-state index contributed by atoms with van der Waals surface area (Å²) in [6, 6.07) is 8.94. The number of piperidine rings is 1. The highest BCUT2D eigenvalue weighted by atomic mass is 19.4. The van der Waals surface area contributed by atoms with Gasteiger partial charge in [0.1, 0.15) is 23.7 Å². The van der Waals surface area contributed by atoms with Crippen molar-refractivity contribution in [1.82, 2.24) is 9.80 Å². The second-order valence-corrected chi connectivity index (χ2v) is 14.3. The van der Waals surface area contributed by atoms with E-state index in [1.807, 2.05) is 6.07 Å². The number of nitriles is 1. The van der Waals surface area contributed by atoms with Crippen molar-refractivity contribution < 1.29 is 46.5 Å². The average molecular weight is 717 g/mol. The van der Waals surface area contributed by atoms with E-state index < -0.39 is 58.5 Å². The van der Waals surface area contributed by atoms with Crippen LogP contribution in [0.5, 0.6) is 11.5 Å². The number of ether oxygens (including phenoxy) is 4. The molecule has 0 radical (unpaired) electrons. The van der Waals surface area contributed by atoms with Gasteiger partial charge in [-0.1, -0.05) is 0 Å². The van der Waals surface area contributed by atoms with Gasteiger partial charge >= 0.3 is 12.3 Å². The van der Waals surface area contributed by atoms with Crippen LogP contribution < -0.4 is 14.4 Å². The number of benzene rings is 2. The Morgan fingerprint density at radius 1 is 1.14 bits per heavy atom. The zero-order valence-corrected chi connectivity index (χ0v) is 30.3. The maximum atomic E-state index is 14.9. The topological polar surface area (TPSA) is 122 Å². The first-order valence-electron chi connectivity index (χ1n) is 17.1. The Hall–Kier alpha value is -4.51. The second kappa shape index (κ2) is 15.8. The molecule has 2 aliphatic rings. The average Bonchev–Trinajstić information content (AvgIpc) is 3.06. The van der Waals surface area contributed by atoms with Gasteiger partial charge in [-0.3, -0.25) is 9.59 Å². The van der Waals surface area contributed by atoms with Gasteiger partial charge in [0, 0.05) is 39.4 Å². The summed E-state index contributed by atoms with van der Waals surface area (Å²) in [5, 5.41) is 9.09. The zero-order valence-electron chi connectivity index (χ0n) is 30.3. The van der Waals surface area contributed by atoms with Crippen molar-refractivity contribution in [2.45, 2.75) is 96.7 Å². The molecule has 2 atom stereocenters. The van der Waals surface area contributed by atoms with Gasteiger partial charge in [-0.15, -0.1) is 0 Å². The Balaban J connectivity index is 1.73. The van der Waals surface area contributed by atoms with Crippen LogP contribution in [0.1, 0.15) is 88.7 Å². The van der Waals surface area contributed by atoms with Crippen molar-refractivity contribution in [3.8, 4) is 17.6 Å². The molecule has 3 amide bonds. The van der Waals surface area contributed by atoms with Gasteiger partial charge in [0.05, 0.1) is 34.5 Å². The van der Waals surface area contributed by atoms with E-state index in [-0.39, 0.29) is 31.1 Å². The molecule has 0 spiro atoms. The Bertz CT molecular complexity index is 1620. The minimum absolute atomic E-state index is 0.0346. The molecule has 2 aromatic rings. The lowest BCUT2D eigenvalue weighted by Gasteiger charge is -2.43. The first-order valence-corrected chi connectivity index (χ1v) is 17.1. The first-order chi connectivity index (χ1) is 23.9. The fourth-order valence-electron chi connectivity index (χ4n) is 6.27. The molecule has 2 heterocycles. The minimum Gasteiger partial charge on any atom is -0.489 e. The standard InChI is InChI=1S/C37H47F3N4O7/c1-24(2)44(26-11-10-16-42(22-26)34(47)51-35(3,4)5)32(45)28-19-30-31(20-29(28)37(38,39)40)50-36(6,33(46)43(30)17-8-9-18-48-7)23-49-27-14-12-25(21-41)13-15-27/h12-15,19-20,24,26H,8-11,16-18,22-23H2,1-7H3/t26-,36?/m1/s1. The molecule has 1 fully saturated rings. The van der Waals surface area contributed by atoms with Crippen LogP contribution in [-0.4, -0.2) is 91.0 Å². The van der Waals surface area contributed by atoms with Crippen LogP contribution in [0.2, 0.25) is 0 Å². The fourth-order valence-corrected chi connectivity index (χ4v) is 6.27. The molecule has 14 heteroatoms. The number of carbonyl (C=O) groups excluding carboxylic acids is 3. The number of carbonyl (C=O) groups is 3. The summed E-state index contributed by atoms with van der Waals surface area (Å²) < 4.78 is 67.2. The quantitative estimate of drug-likeness (QED) is 0.233. The summed E-state index contributed by atoms with van der Waals surface area (Å²) in [7, 11) is 1.54. The molecule has 51 heavy (non-hydrogen) atoms. The Kier molecular flexibility index (Phi) is 12.2. The molecule has 2 aliphatic heterocycles. The predicted molar refractivity (Wildman–Crippen MR) is 183 cm³/mol. The van der Waals surface area contributed by atoms with Gasteiger partial charge in [-0.25, -0.2) is 4.79 Å². The van der Waals surface area contributed by atoms with Crippen molar-refractivity contribution in [1.29, 1.82) is 5.26 Å². The summed E-state index contributed by atoms with van der Waals surface area (Å²) in [6.45, 7) is 10.8. The van der Waals surface area contributed by atoms with Crippen molar-refractivity contribution in [3.63, 3.8) is 0 Å². The smallest absolute Gasteiger partial charge is 0.417 e. The number of hydrogen-bond acceptors (Lipinski definition) is 8. The molecule has 1 saturated heterocycles. The van der Waals surface area contributed by atoms with E-state index in [0.717, 1.165) is 12.1 Å². The highest BCUT2D eigenvalue weighted by Crippen LogP contribution is 2.45. The third-order valence-corrected chi connectivity index (χ3v) is 8.67. The number of amides is 3. The largest absolute Gasteiger partial charge is 0.489 e. The molecule has 0 aliphatic carbocycles. The third-order valence-electron chi connectivity index (χ3n) is 8.67. The molecule has 0 N–H and O–H groups in total. The van der Waals surface area contributed by atoms with E-state index in [1.165, 1.54) is 33.8 Å². The predicted octanol–water partition coefficient (Wildman–Crippen LogP) is 6.82. The van der Waals surface area contributed by atoms with E-state index in [1.54, 1.807) is 53.9 Å². The van der Waals surface area contributed by atoms with Crippen LogP contribution in [0.15, 0.2) is 36.4 Å². The third kappa shape index (κ3) is 9.44. The molecule has 11 nitrogen and oxygen atoms in total. The Labute approximate surface area is 297 Å². The number of fused-ring (bicyclic) bond motifs is 1. The summed E-state index contributed by atoms with van der Waals surface area (Å²) in [6.07, 6.45) is -3.49. The van der Waals surface area contributed by atoms with E-state index in [9.17, 15) is 27.6 Å². The zero-order chi connectivity index (χ0) is 37.7. The van der Waals surface area contributed by atoms with Crippen molar-refractivity contribution >= 4 is 23.6 Å². The van der Waals surface area contributed by atoms with Crippen LogP contribution in [0.3, 0.4) is 0 Å². The summed E-state index contributed by atoms with van der Waals surface area (Å²) in [5.41, 5.74) is -3.87. The van der Waals surface area contributed by atoms with Crippen molar-refractivity contribution in [2.75, 3.05) is 44.9 Å². The van der Waals surface area contributed by atoms with Crippen molar-refractivity contribution in [3.05, 3.63) is 53.1 Å². The number of unbranched alkanes of at least 4 members (excludes halogenated alkanes) is 1. The molecule has 0 aromatic heterocycles. The maximum Gasteiger partial charge on any atom is 0.417 e. The minimum atomic E-state index is -4.96. The Morgan fingerprint density at radius 3 is 2.41 bits per heavy atom. The molecule has 1 unspecified atom stereocenters. The molecule has 0 bridgehead atoms. The lowest BCUT2D eigenvalue weighted by Crippen LogP contribution is -2.58. The van der Waals surface area contributed by atoms with Gasteiger partial charge in [-0.2, -0.15) is 18.4 Å². The molecule has 2 aromatic carbocycles. The number of hydrogen-bond donors (Lipinski definition) is 0. The number of likely N-dealkylation sites (tertiary alicyclic amines) is 1. The van der Waals surface area contributed by atoms with Crippen LogP contribution >= 0.6 is 0 Å². The van der Waals surface area contributed by atoms with Crippen LogP contribution in [0.25, 0.3) is 0 Å². The van der Waals surface area contributed by atoms with E-state index >= 15 is 0 Å². The Morgan fingerprint density at radius 2 is 1.82 bits per heavy atom. The summed E-state index contributed by atoms with van der Waals surface area (Å²) in [4.78, 5) is 45.6. The highest BCUT2D eigenvalue weighted by molar-refractivity contribution is 6.05. The van der Waals surface area contributed by atoms with Gasteiger partial charge in [0.2, 0.25) is 5.60 Å². The van der Waals surface area contributed by atoms with Gasteiger partial charge < -0.3 is 33.6 Å². The lowest BCUT2D eigenvalue weighted by molar-refractivity contribution is -0.139. The highest BCUT2D eigenvalue weighted by Gasteiger charge is 2.48. The monoisotopic (exact) mass is 716 g/mol. The summed E-state index contributed by atoms with van der Waals surface area (Å²) >= 11 is 0. The number of halogens is 3. The lowest BCUT2D eigenvalue weighted by atomic mass is 9.96. The van der Waals surface area contributed by atoms with Gasteiger partial charge in [-0.05, 0) is 104 Å². The van der Waals surface area contributed by atoms with E-state index in [0.29, 0.717) is 50.1 Å². The number of methoxy groups -OCH3 is 1. The SMILES string of the molecule is COCCCCN1C(=O)C(C)(COc2ccc(C#N)cc2)Oc2cc(C(F)(F)F)c(C(=O)N(C(C)C)[C@@H]3CCCN(C(=O)OC(C)(C)C)C3)cc21. The number of rotatable bonds is 11. The van der Waals surface area contributed by atoms with Crippen LogP contribution in [-0.2, 0) is 20.4 Å². The molecule has 278 valence electrons. The number of nitrogens with zero attached hydrogens (tertiary/aromatic N) is 4. The fraction of sp³-hybridized carbons (Fsp3) is 0.568. The molecular weight excluding hydrogens is 669 g/mol. The first kappa shape index (κ1) is 39.3. The summed E-state index contributed by atoms with van der Waals surface area (Å²) in [5.74, 6) is -1.32. The van der Waals surface area contributed by atoms with Gasteiger partial charge in [0.15, 0.2) is 0 Å². The van der Waals surface area contributed by atoms with Crippen molar-refractivity contribution in [2.24, 2.45) is 0 Å². The van der Waals surface area contributed by atoms with E-state index in [2.05, 4.69) is 0 Å². The maximum absolute atomic E-state index is 14.9. The number of alkyl halides is 3. The van der Waals surface area contributed by atoms with E-state index in [4.69, 9.17) is 24.2 Å². The molecule has 0 saturated carbocycles.